The zero-order chi connectivity index (χ0) is 56.8. The van der Waals surface area contributed by atoms with Crippen LogP contribution in [0.3, 0.4) is 0 Å². The maximum Gasteiger partial charge on any atom is 0.417 e. The average Bonchev–Trinajstić information content (AvgIpc) is 4.23. The number of nitrogens with one attached hydrogen (secondary N) is 2. The Labute approximate surface area is 462 Å². The van der Waals surface area contributed by atoms with E-state index in [0.717, 1.165) is 83.5 Å². The van der Waals surface area contributed by atoms with Crippen LogP contribution >= 0.6 is 22.7 Å². The van der Waals surface area contributed by atoms with E-state index in [1.54, 1.807) is 40.7 Å². The number of nitrogens with zero attached hydrogens (tertiary/aromatic N) is 6. The molecule has 2 fully saturated rings. The summed E-state index contributed by atoms with van der Waals surface area (Å²) in [5.74, 6) is 1.32. The number of fused-ring (bicyclic) bond motifs is 1. The highest BCUT2D eigenvalue weighted by Crippen LogP contribution is 2.45. The van der Waals surface area contributed by atoms with Crippen LogP contribution in [0.1, 0.15) is 162 Å². The van der Waals surface area contributed by atoms with Crippen LogP contribution in [0.2, 0.25) is 0 Å². The molecular weight excluding hydrogens is 1090 g/mol. The van der Waals surface area contributed by atoms with Gasteiger partial charge in [-0.05, 0) is 123 Å². The van der Waals surface area contributed by atoms with Crippen LogP contribution in [-0.4, -0.2) is 68.5 Å². The zero-order valence-corrected chi connectivity index (χ0v) is 48.9. The number of rotatable bonds is 14. The van der Waals surface area contributed by atoms with E-state index >= 15 is 0 Å². The first-order valence-electron chi connectivity index (χ1n) is 26.2. The highest BCUT2D eigenvalue weighted by molar-refractivity contribution is 7.90. The van der Waals surface area contributed by atoms with Crippen LogP contribution < -0.4 is 9.44 Å². The van der Waals surface area contributed by atoms with E-state index in [4.69, 9.17) is 13.8 Å². The molecule has 0 aliphatic heterocycles. The predicted octanol–water partition coefficient (Wildman–Crippen LogP) is 12.7. The Hall–Kier alpha value is -5.01. The van der Waals surface area contributed by atoms with Gasteiger partial charge in [-0.15, -0.1) is 43.1 Å². The standard InChI is InChI=1S/C29H36N4O4S2.C26H33F3N4O4S2/c1-28(2,3)33-39(35,36)23-16-15-21(19-13-9-10-14-20(19)23)24-22(17-18-11-7-6-8-12-18)30-26(38-24)25-31-32-27(37-25)29(4,5)34;1-24(2,3)33-39(35,36)19-12-11-16(14-17(19)26(27,28)29)20-18(13-15-9-7-6-8-10-15)30-22(38-20)21-31-32-23(37-21)25(4,5)34/h9-10,13-16,18,33-34H,6-8,11-12,17H2,1-5H3;11-12,14-15,33-34H,6-10,13H2,1-5H3. The molecule has 23 heteroatoms. The summed E-state index contributed by atoms with van der Waals surface area (Å²) >= 11 is 2.56. The highest BCUT2D eigenvalue weighted by atomic mass is 32.2. The summed E-state index contributed by atoms with van der Waals surface area (Å²) < 4.78 is 112. The predicted molar refractivity (Wildman–Crippen MR) is 295 cm³/mol. The molecule has 9 rings (SSSR count). The van der Waals surface area contributed by atoms with Crippen LogP contribution in [0, 0.1) is 11.8 Å². The van der Waals surface area contributed by atoms with Gasteiger partial charge < -0.3 is 19.0 Å². The number of hydrogen-bond donors (Lipinski definition) is 4. The molecule has 0 bridgehead atoms. The smallest absolute Gasteiger partial charge is 0.415 e. The molecule has 2 aliphatic rings. The summed E-state index contributed by atoms with van der Waals surface area (Å²) in [6.45, 7) is 16.4. The topological polar surface area (TPSA) is 236 Å². The van der Waals surface area contributed by atoms with Gasteiger partial charge in [0, 0.05) is 22.0 Å². The van der Waals surface area contributed by atoms with Gasteiger partial charge in [0.15, 0.2) is 10.0 Å². The van der Waals surface area contributed by atoms with Crippen LogP contribution in [0.15, 0.2) is 73.2 Å². The molecule has 4 aromatic heterocycles. The summed E-state index contributed by atoms with van der Waals surface area (Å²) in [5, 5.41) is 39.0. The van der Waals surface area contributed by atoms with Crippen molar-refractivity contribution >= 4 is 53.5 Å². The number of halogens is 3. The molecule has 4 N–H and O–H groups in total. The fourth-order valence-corrected chi connectivity index (χ4v) is 15.1. The van der Waals surface area contributed by atoms with E-state index in [1.165, 1.54) is 63.4 Å². The Balaban J connectivity index is 0.000000206. The molecule has 78 heavy (non-hydrogen) atoms. The summed E-state index contributed by atoms with van der Waals surface area (Å²) in [7, 11) is -8.20. The van der Waals surface area contributed by atoms with Crippen molar-refractivity contribution in [1.82, 2.24) is 39.8 Å². The molecule has 16 nitrogen and oxygen atoms in total. The molecule has 2 saturated carbocycles. The van der Waals surface area contributed by atoms with Gasteiger partial charge in [-0.1, -0.05) is 101 Å². The van der Waals surface area contributed by atoms with Crippen molar-refractivity contribution in [2.24, 2.45) is 11.8 Å². The number of alkyl halides is 3. The third kappa shape index (κ3) is 14.3. The van der Waals surface area contributed by atoms with Crippen molar-refractivity contribution in [2.75, 3.05) is 0 Å². The van der Waals surface area contributed by atoms with Gasteiger partial charge in [-0.2, -0.15) is 13.2 Å². The van der Waals surface area contributed by atoms with E-state index in [1.807, 2.05) is 51.1 Å². The van der Waals surface area contributed by atoms with Crippen molar-refractivity contribution in [3.8, 4) is 42.7 Å². The van der Waals surface area contributed by atoms with Crippen molar-refractivity contribution in [3.05, 3.63) is 83.3 Å². The SMILES string of the molecule is CC(C)(C)NS(=O)(=O)c1ccc(-c2sc(-c3nnc(C(C)(C)O)o3)nc2CC2CCCCC2)c2ccccc12.CC(C)(C)NS(=O)(=O)c1ccc(-c2sc(-c3nnc(C(C)(C)O)o3)nc2CC2CCCCC2)cc1C(F)(F)F. The molecule has 0 spiro atoms. The Morgan fingerprint density at radius 1 is 0.577 bits per heavy atom. The van der Waals surface area contributed by atoms with Gasteiger partial charge in [-0.3, -0.25) is 0 Å². The second-order valence-corrected chi connectivity index (χ2v) is 28.8. The van der Waals surface area contributed by atoms with E-state index in [-0.39, 0.29) is 34.0 Å². The molecule has 0 unspecified atom stereocenters. The Bertz CT molecular complexity index is 3480. The highest BCUT2D eigenvalue weighted by Gasteiger charge is 2.39. The normalized spacial score (nSPS) is 15.9. The third-order valence-electron chi connectivity index (χ3n) is 13.2. The molecule has 0 atom stereocenters. The molecule has 422 valence electrons. The molecule has 0 radical (unpaired) electrons. The van der Waals surface area contributed by atoms with Crippen LogP contribution in [0.5, 0.6) is 0 Å². The molecule has 0 amide bonds. The lowest BCUT2D eigenvalue weighted by Gasteiger charge is -2.23. The largest absolute Gasteiger partial charge is 0.417 e. The lowest BCUT2D eigenvalue weighted by atomic mass is 9.85. The first kappa shape index (κ1) is 59.1. The zero-order valence-electron chi connectivity index (χ0n) is 45.6. The molecule has 4 heterocycles. The van der Waals surface area contributed by atoms with Gasteiger partial charge in [0.05, 0.1) is 36.5 Å². The summed E-state index contributed by atoms with van der Waals surface area (Å²) in [6.07, 6.45) is 7.88. The van der Waals surface area contributed by atoms with E-state index in [9.17, 15) is 40.2 Å². The maximum atomic E-state index is 14.2. The number of thiazole rings is 2. The average molecular weight is 1160 g/mol. The second-order valence-electron chi connectivity index (χ2n) is 23.5. The fourth-order valence-electron chi connectivity index (χ4n) is 9.79. The lowest BCUT2D eigenvalue weighted by Crippen LogP contribution is -2.41. The Morgan fingerprint density at radius 2 is 1.01 bits per heavy atom. The number of aromatic nitrogens is 6. The number of benzene rings is 3. The van der Waals surface area contributed by atoms with E-state index < -0.39 is 59.0 Å². The Morgan fingerprint density at radius 3 is 1.46 bits per heavy atom. The quantitative estimate of drug-likeness (QED) is 0.0793. The van der Waals surface area contributed by atoms with Crippen LogP contribution in [0.25, 0.3) is 53.5 Å². The molecule has 2 aliphatic carbocycles. The minimum Gasteiger partial charge on any atom is -0.415 e. The number of hydrogen-bond acceptors (Lipinski definition) is 16. The minimum atomic E-state index is -4.91. The van der Waals surface area contributed by atoms with Crippen molar-refractivity contribution in [3.63, 3.8) is 0 Å². The van der Waals surface area contributed by atoms with Gasteiger partial charge in [-0.25, -0.2) is 36.2 Å². The number of aliphatic hydroxyl groups is 2. The van der Waals surface area contributed by atoms with Crippen molar-refractivity contribution < 1.29 is 49.1 Å². The molecule has 7 aromatic rings. The monoisotopic (exact) mass is 1150 g/mol. The van der Waals surface area contributed by atoms with E-state index in [0.29, 0.717) is 44.2 Å². The van der Waals surface area contributed by atoms with Crippen molar-refractivity contribution in [1.29, 1.82) is 0 Å². The minimum absolute atomic E-state index is 0.0108. The first-order chi connectivity index (χ1) is 36.3. The summed E-state index contributed by atoms with van der Waals surface area (Å²) in [5.41, 5.74) is -2.77. The Kier molecular flexibility index (Phi) is 17.1. The first-order valence-corrected chi connectivity index (χ1v) is 30.8. The van der Waals surface area contributed by atoms with Gasteiger partial charge in [0.2, 0.25) is 31.8 Å². The lowest BCUT2D eigenvalue weighted by molar-refractivity contribution is -0.139. The molecular formula is C55H69F3N8O8S4. The fraction of sp³-hybridized carbons (Fsp3) is 0.527. The number of sulfonamides is 2. The molecule has 0 saturated heterocycles. The van der Waals surface area contributed by atoms with Gasteiger partial charge in [0.25, 0.3) is 11.8 Å². The van der Waals surface area contributed by atoms with Crippen molar-refractivity contribution in [2.45, 2.75) is 185 Å². The van der Waals surface area contributed by atoms with Crippen LogP contribution in [0.4, 0.5) is 13.2 Å². The summed E-state index contributed by atoms with van der Waals surface area (Å²) in [6, 6.07) is 14.4. The van der Waals surface area contributed by atoms with Gasteiger partial charge >= 0.3 is 6.18 Å². The third-order valence-corrected chi connectivity index (χ3v) is 19.1. The summed E-state index contributed by atoms with van der Waals surface area (Å²) in [4.78, 5) is 10.5. The van der Waals surface area contributed by atoms with E-state index in [2.05, 4.69) is 34.8 Å². The van der Waals surface area contributed by atoms with Crippen LogP contribution in [-0.2, 0) is 50.3 Å². The maximum absolute atomic E-state index is 14.2. The molecule has 3 aromatic carbocycles. The second kappa shape index (κ2) is 22.5. The van der Waals surface area contributed by atoms with Gasteiger partial charge in [0.1, 0.15) is 11.2 Å².